The summed E-state index contributed by atoms with van der Waals surface area (Å²) in [4.78, 5) is 21.3. The van der Waals surface area contributed by atoms with Crippen LogP contribution in [-0.2, 0) is 9.59 Å². The maximum Gasteiger partial charge on any atom is 0.332 e. The van der Waals surface area contributed by atoms with Crippen molar-refractivity contribution in [2.75, 3.05) is 0 Å². The number of aliphatic carboxylic acids is 1. The molecule has 0 amide bonds. The van der Waals surface area contributed by atoms with E-state index in [0.717, 1.165) is 0 Å². The molecular weight excluding hydrogens is 199 g/mol. The number of hydrogen-bond donors (Lipinski definition) is 1. The van der Waals surface area contributed by atoms with Crippen LogP contribution >= 0.6 is 0 Å². The Morgan fingerprint density at radius 3 is 2.33 bits per heavy atom. The highest BCUT2D eigenvalue weighted by Gasteiger charge is 2.19. The van der Waals surface area contributed by atoms with Gasteiger partial charge in [-0.3, -0.25) is 0 Å². The number of benzene rings is 1. The minimum atomic E-state index is -1.24. The first kappa shape index (κ1) is 11.1. The van der Waals surface area contributed by atoms with Crippen LogP contribution in [-0.4, -0.2) is 17.4 Å². The molecule has 0 heterocycles. The molecule has 0 radical (unpaired) electrons. The largest absolute Gasteiger partial charge is 0.478 e. The molecule has 1 atom stereocenters. The quantitative estimate of drug-likeness (QED) is 0.605. The molecule has 0 saturated heterocycles. The Hall–Kier alpha value is -1.97. The Morgan fingerprint density at radius 1 is 1.40 bits per heavy atom. The minimum Gasteiger partial charge on any atom is -0.478 e. The lowest BCUT2D eigenvalue weighted by Crippen LogP contribution is -2.11. The van der Waals surface area contributed by atoms with Crippen molar-refractivity contribution in [2.24, 2.45) is 0 Å². The third kappa shape index (κ3) is 2.49. The summed E-state index contributed by atoms with van der Waals surface area (Å²) in [5, 5.41) is 8.67. The van der Waals surface area contributed by atoms with Crippen molar-refractivity contribution in [3.05, 3.63) is 47.8 Å². The summed E-state index contributed by atoms with van der Waals surface area (Å²) >= 11 is 0. The monoisotopic (exact) mass is 208 g/mol. The fraction of sp³-hybridized carbons (Fsp3) is 0.0909. The van der Waals surface area contributed by atoms with E-state index < -0.39 is 17.7 Å². The molecule has 0 aliphatic carbocycles. The number of aldehydes is 1. The fourth-order valence-corrected chi connectivity index (χ4v) is 1.17. The highest BCUT2D eigenvalue weighted by molar-refractivity contribution is 5.93. The highest BCUT2D eigenvalue weighted by Crippen LogP contribution is 2.21. The lowest BCUT2D eigenvalue weighted by atomic mass is 9.93. The van der Waals surface area contributed by atoms with E-state index in [1.165, 1.54) is 24.3 Å². The molecule has 78 valence electrons. The van der Waals surface area contributed by atoms with Crippen molar-refractivity contribution in [3.63, 3.8) is 0 Å². The molecule has 3 nitrogen and oxygen atoms in total. The maximum absolute atomic E-state index is 12.6. The van der Waals surface area contributed by atoms with Crippen LogP contribution in [0.4, 0.5) is 4.39 Å². The van der Waals surface area contributed by atoms with Gasteiger partial charge in [-0.05, 0) is 17.7 Å². The van der Waals surface area contributed by atoms with E-state index >= 15 is 0 Å². The van der Waals surface area contributed by atoms with Crippen LogP contribution in [0, 0.1) is 5.82 Å². The molecule has 0 fully saturated rings. The number of rotatable bonds is 4. The molecule has 0 spiro atoms. The van der Waals surface area contributed by atoms with E-state index in [4.69, 9.17) is 5.11 Å². The molecule has 1 aromatic rings. The molecule has 1 rings (SSSR count). The van der Waals surface area contributed by atoms with Gasteiger partial charge in [-0.15, -0.1) is 0 Å². The number of carbonyl (C=O) groups is 2. The first-order valence-electron chi connectivity index (χ1n) is 4.19. The maximum atomic E-state index is 12.6. The van der Waals surface area contributed by atoms with Crippen LogP contribution in [0.1, 0.15) is 11.5 Å². The molecule has 15 heavy (non-hydrogen) atoms. The molecule has 1 N–H and O–H groups in total. The number of carboxylic acid groups (broad SMARTS) is 1. The third-order valence-electron chi connectivity index (χ3n) is 2.02. The summed E-state index contributed by atoms with van der Waals surface area (Å²) in [7, 11) is 0. The van der Waals surface area contributed by atoms with Crippen molar-refractivity contribution < 1.29 is 19.1 Å². The zero-order valence-corrected chi connectivity index (χ0v) is 7.81. The summed E-state index contributed by atoms with van der Waals surface area (Å²) < 4.78 is 12.6. The van der Waals surface area contributed by atoms with Gasteiger partial charge in [0, 0.05) is 5.57 Å². The Bertz CT molecular complexity index is 395. The Kier molecular flexibility index (Phi) is 3.33. The SMILES string of the molecule is C=C(C(=O)O)C(C=O)c1ccc(F)cc1. The zero-order chi connectivity index (χ0) is 11.4. The van der Waals surface area contributed by atoms with E-state index in [1.807, 2.05) is 0 Å². The van der Waals surface area contributed by atoms with Crippen LogP contribution in [0.5, 0.6) is 0 Å². The number of halogens is 1. The summed E-state index contributed by atoms with van der Waals surface area (Å²) in [6.45, 7) is 3.30. The minimum absolute atomic E-state index is 0.225. The fourth-order valence-electron chi connectivity index (χ4n) is 1.17. The van der Waals surface area contributed by atoms with Gasteiger partial charge in [0.2, 0.25) is 0 Å². The second kappa shape index (κ2) is 4.50. The molecule has 0 aromatic heterocycles. The van der Waals surface area contributed by atoms with Gasteiger partial charge < -0.3 is 9.90 Å². The van der Waals surface area contributed by atoms with Gasteiger partial charge >= 0.3 is 5.97 Å². The van der Waals surface area contributed by atoms with Crippen molar-refractivity contribution >= 4 is 12.3 Å². The van der Waals surface area contributed by atoms with Gasteiger partial charge in [-0.1, -0.05) is 18.7 Å². The second-order valence-electron chi connectivity index (χ2n) is 3.00. The Balaban J connectivity index is 3.02. The number of hydrogen-bond acceptors (Lipinski definition) is 2. The molecule has 1 aromatic carbocycles. The summed E-state index contributed by atoms with van der Waals surface area (Å²) in [5.41, 5.74) is 0.190. The van der Waals surface area contributed by atoms with Gasteiger partial charge in [-0.25, -0.2) is 9.18 Å². The summed E-state index contributed by atoms with van der Waals surface area (Å²) in [5.74, 6) is -2.61. The summed E-state index contributed by atoms with van der Waals surface area (Å²) in [6, 6.07) is 5.06. The molecule has 0 saturated carbocycles. The highest BCUT2D eigenvalue weighted by atomic mass is 19.1. The normalized spacial score (nSPS) is 11.8. The average molecular weight is 208 g/mol. The first-order chi connectivity index (χ1) is 7.06. The van der Waals surface area contributed by atoms with Crippen LogP contribution < -0.4 is 0 Å². The van der Waals surface area contributed by atoms with Crippen LogP contribution in [0.25, 0.3) is 0 Å². The van der Waals surface area contributed by atoms with E-state index in [1.54, 1.807) is 0 Å². The molecule has 4 heteroatoms. The van der Waals surface area contributed by atoms with E-state index in [9.17, 15) is 14.0 Å². The van der Waals surface area contributed by atoms with Crippen molar-refractivity contribution in [3.8, 4) is 0 Å². The molecule has 0 bridgehead atoms. The number of carboxylic acids is 1. The molecule has 0 aliphatic rings. The van der Waals surface area contributed by atoms with Crippen LogP contribution in [0.3, 0.4) is 0 Å². The van der Waals surface area contributed by atoms with Gasteiger partial charge in [-0.2, -0.15) is 0 Å². The smallest absolute Gasteiger partial charge is 0.332 e. The predicted octanol–water partition coefficient (Wildman–Crippen LogP) is 1.75. The lowest BCUT2D eigenvalue weighted by molar-refractivity contribution is -0.133. The van der Waals surface area contributed by atoms with E-state index in [2.05, 4.69) is 6.58 Å². The van der Waals surface area contributed by atoms with Gasteiger partial charge in [0.05, 0.1) is 5.92 Å². The van der Waals surface area contributed by atoms with Crippen molar-refractivity contribution in [1.29, 1.82) is 0 Å². The predicted molar refractivity (Wildman–Crippen MR) is 52.0 cm³/mol. The second-order valence-corrected chi connectivity index (χ2v) is 3.00. The van der Waals surface area contributed by atoms with Gasteiger partial charge in [0.25, 0.3) is 0 Å². The van der Waals surface area contributed by atoms with Gasteiger partial charge in [0.1, 0.15) is 12.1 Å². The zero-order valence-electron chi connectivity index (χ0n) is 7.81. The molecular formula is C11H9FO3. The van der Waals surface area contributed by atoms with Gasteiger partial charge in [0.15, 0.2) is 0 Å². The van der Waals surface area contributed by atoms with E-state index in [0.29, 0.717) is 11.8 Å². The lowest BCUT2D eigenvalue weighted by Gasteiger charge is -2.09. The molecule has 1 unspecified atom stereocenters. The van der Waals surface area contributed by atoms with Crippen LogP contribution in [0.15, 0.2) is 36.4 Å². The van der Waals surface area contributed by atoms with Crippen LogP contribution in [0.2, 0.25) is 0 Å². The molecule has 0 aliphatic heterocycles. The topological polar surface area (TPSA) is 54.4 Å². The standard InChI is InChI=1S/C11H9FO3/c1-7(11(14)15)10(6-13)8-2-4-9(12)5-3-8/h2-6,10H,1H2,(H,14,15). The Morgan fingerprint density at radius 2 is 1.93 bits per heavy atom. The number of carbonyl (C=O) groups excluding carboxylic acids is 1. The van der Waals surface area contributed by atoms with E-state index in [-0.39, 0.29) is 5.57 Å². The average Bonchev–Trinajstić information content (AvgIpc) is 2.21. The summed E-state index contributed by atoms with van der Waals surface area (Å²) in [6.07, 6.45) is 0.476. The third-order valence-corrected chi connectivity index (χ3v) is 2.02. The van der Waals surface area contributed by atoms with Crippen molar-refractivity contribution in [1.82, 2.24) is 0 Å². The Labute approximate surface area is 85.8 Å². The van der Waals surface area contributed by atoms with Crippen molar-refractivity contribution in [2.45, 2.75) is 5.92 Å². The first-order valence-corrected chi connectivity index (χ1v) is 4.19.